The molecule has 0 spiro atoms. The number of hydrogen-bond acceptors (Lipinski definition) is 2. The quantitative estimate of drug-likeness (QED) is 0.680. The summed E-state index contributed by atoms with van der Waals surface area (Å²) in [5.41, 5.74) is 0.842. The first-order chi connectivity index (χ1) is 7.02. The van der Waals surface area contributed by atoms with Crippen molar-refractivity contribution in [2.75, 3.05) is 13.1 Å². The van der Waals surface area contributed by atoms with Gasteiger partial charge < -0.3 is 15.3 Å². The Morgan fingerprint density at radius 1 is 1.60 bits per heavy atom. The standard InChI is InChI=1S/C10H16N2O3/c1-7(2)6-11-10(15)12-5-3-4-8(12)9(13)14/h8H,1,3-6H2,2H3,(H,11,15)(H,13,14). The number of hydrogen-bond donors (Lipinski definition) is 2. The van der Waals surface area contributed by atoms with Crippen LogP contribution in [0.4, 0.5) is 4.79 Å². The van der Waals surface area contributed by atoms with Crippen LogP contribution in [0.25, 0.3) is 0 Å². The molecule has 1 rings (SSSR count). The van der Waals surface area contributed by atoms with Crippen LogP contribution in [0.3, 0.4) is 0 Å². The summed E-state index contributed by atoms with van der Waals surface area (Å²) < 4.78 is 0. The monoisotopic (exact) mass is 212 g/mol. The van der Waals surface area contributed by atoms with Crippen molar-refractivity contribution >= 4 is 12.0 Å². The highest BCUT2D eigenvalue weighted by Crippen LogP contribution is 2.17. The van der Waals surface area contributed by atoms with E-state index in [1.165, 1.54) is 4.90 Å². The Hall–Kier alpha value is -1.52. The topological polar surface area (TPSA) is 69.6 Å². The van der Waals surface area contributed by atoms with Gasteiger partial charge in [0.05, 0.1) is 0 Å². The molecule has 1 aliphatic heterocycles. The second-order valence-electron chi connectivity index (χ2n) is 3.81. The summed E-state index contributed by atoms with van der Waals surface area (Å²) in [6.07, 6.45) is 1.29. The van der Waals surface area contributed by atoms with Gasteiger partial charge in [0.1, 0.15) is 6.04 Å². The minimum atomic E-state index is -0.932. The largest absolute Gasteiger partial charge is 0.480 e. The number of nitrogens with zero attached hydrogens (tertiary/aromatic N) is 1. The molecule has 5 heteroatoms. The van der Waals surface area contributed by atoms with Gasteiger partial charge in [0, 0.05) is 13.1 Å². The molecule has 2 amide bonds. The Labute approximate surface area is 88.8 Å². The van der Waals surface area contributed by atoms with Gasteiger partial charge in [0.25, 0.3) is 0 Å². The summed E-state index contributed by atoms with van der Waals surface area (Å²) in [7, 11) is 0. The molecule has 1 aliphatic rings. The fourth-order valence-corrected chi connectivity index (χ4v) is 1.59. The van der Waals surface area contributed by atoms with Gasteiger partial charge >= 0.3 is 12.0 Å². The van der Waals surface area contributed by atoms with Gasteiger partial charge in [-0.3, -0.25) is 0 Å². The number of urea groups is 1. The van der Waals surface area contributed by atoms with Crippen molar-refractivity contribution < 1.29 is 14.7 Å². The molecule has 0 aromatic rings. The van der Waals surface area contributed by atoms with Crippen LogP contribution in [0.1, 0.15) is 19.8 Å². The highest BCUT2D eigenvalue weighted by atomic mass is 16.4. The molecular weight excluding hydrogens is 196 g/mol. The molecular formula is C10H16N2O3. The van der Waals surface area contributed by atoms with E-state index in [0.29, 0.717) is 19.5 Å². The maximum atomic E-state index is 11.6. The Morgan fingerprint density at radius 2 is 2.27 bits per heavy atom. The number of carbonyl (C=O) groups is 2. The average Bonchev–Trinajstić information content (AvgIpc) is 2.62. The zero-order valence-electron chi connectivity index (χ0n) is 8.82. The maximum Gasteiger partial charge on any atom is 0.326 e. The minimum Gasteiger partial charge on any atom is -0.480 e. The molecule has 1 saturated heterocycles. The van der Waals surface area contributed by atoms with E-state index in [1.54, 1.807) is 6.92 Å². The fourth-order valence-electron chi connectivity index (χ4n) is 1.59. The minimum absolute atomic E-state index is 0.317. The third-order valence-corrected chi connectivity index (χ3v) is 2.34. The predicted molar refractivity (Wildman–Crippen MR) is 55.6 cm³/mol. The third-order valence-electron chi connectivity index (χ3n) is 2.34. The maximum absolute atomic E-state index is 11.6. The highest BCUT2D eigenvalue weighted by molar-refractivity contribution is 5.83. The lowest BCUT2D eigenvalue weighted by atomic mass is 10.2. The summed E-state index contributed by atoms with van der Waals surface area (Å²) in [6, 6.07) is -0.988. The van der Waals surface area contributed by atoms with Gasteiger partial charge in [-0.15, -0.1) is 0 Å². The van der Waals surface area contributed by atoms with Crippen LogP contribution >= 0.6 is 0 Å². The van der Waals surface area contributed by atoms with Gasteiger partial charge in [0.2, 0.25) is 0 Å². The van der Waals surface area contributed by atoms with Crippen LogP contribution in [0.2, 0.25) is 0 Å². The number of rotatable bonds is 3. The summed E-state index contributed by atoms with van der Waals surface area (Å²) in [6.45, 7) is 6.37. The van der Waals surface area contributed by atoms with Crippen molar-refractivity contribution in [2.45, 2.75) is 25.8 Å². The summed E-state index contributed by atoms with van der Waals surface area (Å²) >= 11 is 0. The first-order valence-corrected chi connectivity index (χ1v) is 4.94. The van der Waals surface area contributed by atoms with Crippen LogP contribution in [0.15, 0.2) is 12.2 Å². The Kier molecular flexibility index (Phi) is 3.71. The molecule has 0 bridgehead atoms. The molecule has 0 saturated carbocycles. The van der Waals surface area contributed by atoms with E-state index in [0.717, 1.165) is 12.0 Å². The molecule has 0 aromatic carbocycles. The molecule has 0 aliphatic carbocycles. The second-order valence-corrected chi connectivity index (χ2v) is 3.81. The zero-order valence-corrected chi connectivity index (χ0v) is 8.82. The Bertz CT molecular complexity index is 288. The van der Waals surface area contributed by atoms with Crippen molar-refractivity contribution in [1.82, 2.24) is 10.2 Å². The molecule has 84 valence electrons. The van der Waals surface area contributed by atoms with Crippen LogP contribution in [-0.2, 0) is 4.79 Å². The van der Waals surface area contributed by atoms with Gasteiger partial charge in [-0.05, 0) is 19.8 Å². The fraction of sp³-hybridized carbons (Fsp3) is 0.600. The summed E-state index contributed by atoms with van der Waals surface area (Å²) in [5, 5.41) is 11.5. The molecule has 15 heavy (non-hydrogen) atoms. The third kappa shape index (κ3) is 2.97. The van der Waals surface area contributed by atoms with Crippen LogP contribution < -0.4 is 5.32 Å². The van der Waals surface area contributed by atoms with E-state index in [9.17, 15) is 9.59 Å². The van der Waals surface area contributed by atoms with E-state index in [4.69, 9.17) is 5.11 Å². The van der Waals surface area contributed by atoms with Crippen molar-refractivity contribution in [3.05, 3.63) is 12.2 Å². The number of nitrogens with one attached hydrogen (secondary N) is 1. The van der Waals surface area contributed by atoms with Crippen LogP contribution in [0.5, 0.6) is 0 Å². The van der Waals surface area contributed by atoms with Crippen LogP contribution in [0, 0.1) is 0 Å². The smallest absolute Gasteiger partial charge is 0.326 e. The Morgan fingerprint density at radius 3 is 2.80 bits per heavy atom. The predicted octanol–water partition coefficient (Wildman–Crippen LogP) is 0.821. The normalized spacial score (nSPS) is 20.1. The lowest BCUT2D eigenvalue weighted by molar-refractivity contribution is -0.141. The van der Waals surface area contributed by atoms with Gasteiger partial charge in [-0.2, -0.15) is 0 Å². The number of likely N-dealkylation sites (tertiary alicyclic amines) is 1. The van der Waals surface area contributed by atoms with E-state index >= 15 is 0 Å². The Balaban J connectivity index is 2.51. The first-order valence-electron chi connectivity index (χ1n) is 4.94. The number of amides is 2. The van der Waals surface area contributed by atoms with Gasteiger partial charge in [0.15, 0.2) is 0 Å². The summed E-state index contributed by atoms with van der Waals surface area (Å²) in [5.74, 6) is -0.932. The molecule has 1 fully saturated rings. The van der Waals surface area contributed by atoms with Gasteiger partial charge in [-0.25, -0.2) is 9.59 Å². The van der Waals surface area contributed by atoms with E-state index in [-0.39, 0.29) is 6.03 Å². The summed E-state index contributed by atoms with van der Waals surface area (Å²) in [4.78, 5) is 23.8. The lowest BCUT2D eigenvalue weighted by Crippen LogP contribution is -2.46. The first kappa shape index (κ1) is 11.6. The molecule has 5 nitrogen and oxygen atoms in total. The number of carboxylic acids is 1. The van der Waals surface area contributed by atoms with E-state index in [2.05, 4.69) is 11.9 Å². The van der Waals surface area contributed by atoms with Crippen molar-refractivity contribution in [3.63, 3.8) is 0 Å². The molecule has 2 N–H and O–H groups in total. The van der Waals surface area contributed by atoms with Crippen molar-refractivity contribution in [3.8, 4) is 0 Å². The molecule has 1 unspecified atom stereocenters. The van der Waals surface area contributed by atoms with Crippen molar-refractivity contribution in [2.24, 2.45) is 0 Å². The second kappa shape index (κ2) is 4.82. The lowest BCUT2D eigenvalue weighted by Gasteiger charge is -2.21. The van der Waals surface area contributed by atoms with E-state index in [1.807, 2.05) is 0 Å². The van der Waals surface area contributed by atoms with Gasteiger partial charge in [-0.1, -0.05) is 12.2 Å². The average molecular weight is 212 g/mol. The van der Waals surface area contributed by atoms with E-state index < -0.39 is 12.0 Å². The zero-order chi connectivity index (χ0) is 11.4. The van der Waals surface area contributed by atoms with Crippen molar-refractivity contribution in [1.29, 1.82) is 0 Å². The molecule has 0 aromatic heterocycles. The molecule has 0 radical (unpaired) electrons. The number of carboxylic acid groups (broad SMARTS) is 1. The molecule has 1 atom stereocenters. The highest BCUT2D eigenvalue weighted by Gasteiger charge is 2.33. The number of carbonyl (C=O) groups excluding carboxylic acids is 1. The number of aliphatic carboxylic acids is 1. The molecule has 1 heterocycles. The SMILES string of the molecule is C=C(C)CNC(=O)N1CCCC1C(=O)O. The van der Waals surface area contributed by atoms with Crippen LogP contribution in [-0.4, -0.2) is 41.1 Å².